The molecule has 0 bridgehead atoms. The number of unbranched alkanes of at least 4 members (excludes halogenated alkanes) is 1. The molecule has 0 unspecified atom stereocenters. The van der Waals surface area contributed by atoms with Gasteiger partial charge in [0.15, 0.2) is 0 Å². The second-order valence-electron chi connectivity index (χ2n) is 6.69. The first kappa shape index (κ1) is 18.5. The minimum absolute atomic E-state index is 0.00426. The third-order valence-corrected chi connectivity index (χ3v) is 4.94. The van der Waals surface area contributed by atoms with Crippen molar-refractivity contribution < 1.29 is 9.59 Å². The number of hydrogen-bond acceptors (Lipinski definition) is 2. The van der Waals surface area contributed by atoms with Crippen molar-refractivity contribution in [1.29, 1.82) is 0 Å². The SMILES string of the molecule is CCCCC(=O)Nc1ccc(NC(=O)[C@@H]2C[C@H]2c2ccccc2)cc1Cl. The average Bonchev–Trinajstić information content (AvgIpc) is 3.44. The zero-order valence-corrected chi connectivity index (χ0v) is 15.6. The summed E-state index contributed by atoms with van der Waals surface area (Å²) in [7, 11) is 0. The second kappa shape index (κ2) is 8.37. The summed E-state index contributed by atoms with van der Waals surface area (Å²) in [6.45, 7) is 2.04. The lowest BCUT2D eigenvalue weighted by atomic mass is 10.1. The third kappa shape index (κ3) is 4.64. The van der Waals surface area contributed by atoms with Crippen molar-refractivity contribution in [1.82, 2.24) is 0 Å². The summed E-state index contributed by atoms with van der Waals surface area (Å²) in [4.78, 5) is 24.2. The number of halogens is 1. The van der Waals surface area contributed by atoms with Crippen LogP contribution in [0, 0.1) is 5.92 Å². The number of carbonyl (C=O) groups excluding carboxylic acids is 2. The summed E-state index contributed by atoms with van der Waals surface area (Å²) in [5.41, 5.74) is 2.42. The molecule has 0 heterocycles. The highest BCUT2D eigenvalue weighted by molar-refractivity contribution is 6.34. The number of carbonyl (C=O) groups is 2. The summed E-state index contributed by atoms with van der Waals surface area (Å²) in [6, 6.07) is 15.3. The van der Waals surface area contributed by atoms with E-state index in [1.54, 1.807) is 18.2 Å². The lowest BCUT2D eigenvalue weighted by Gasteiger charge is -2.10. The zero-order valence-electron chi connectivity index (χ0n) is 14.8. The predicted octanol–water partition coefficient (Wildman–Crippen LogP) is 5.21. The Morgan fingerprint density at radius 1 is 1.12 bits per heavy atom. The lowest BCUT2D eigenvalue weighted by Crippen LogP contribution is -2.15. The molecule has 1 fully saturated rings. The number of amides is 2. The first-order chi connectivity index (χ1) is 12.6. The number of rotatable bonds is 7. The van der Waals surface area contributed by atoms with Crippen molar-refractivity contribution in [3.05, 3.63) is 59.1 Å². The van der Waals surface area contributed by atoms with Crippen molar-refractivity contribution in [2.75, 3.05) is 10.6 Å². The second-order valence-corrected chi connectivity index (χ2v) is 7.10. The lowest BCUT2D eigenvalue weighted by molar-refractivity contribution is -0.117. The quantitative estimate of drug-likeness (QED) is 0.702. The van der Waals surface area contributed by atoms with Gasteiger partial charge in [-0.1, -0.05) is 55.3 Å². The number of benzene rings is 2. The van der Waals surface area contributed by atoms with Gasteiger partial charge in [0.2, 0.25) is 11.8 Å². The Bertz CT molecular complexity index is 792. The Hall–Kier alpha value is -2.33. The molecule has 0 radical (unpaired) electrons. The Morgan fingerprint density at radius 3 is 2.58 bits per heavy atom. The first-order valence-corrected chi connectivity index (χ1v) is 9.41. The molecule has 3 rings (SSSR count). The minimum atomic E-state index is -0.0470. The van der Waals surface area contributed by atoms with Crippen molar-refractivity contribution in [3.63, 3.8) is 0 Å². The standard InChI is InChI=1S/C21H23ClN2O2/c1-2-3-9-20(25)24-19-11-10-15(12-18(19)22)23-21(26)17-13-16(17)14-7-5-4-6-8-14/h4-8,10-12,16-17H,2-3,9,13H2,1H3,(H,23,26)(H,24,25)/t16-,17+/m0/s1. The summed E-state index contributed by atoms with van der Waals surface area (Å²) in [5.74, 6) is 0.261. The van der Waals surface area contributed by atoms with Gasteiger partial charge in [-0.2, -0.15) is 0 Å². The van der Waals surface area contributed by atoms with E-state index in [1.807, 2.05) is 25.1 Å². The Balaban J connectivity index is 1.56. The van der Waals surface area contributed by atoms with Gasteiger partial charge in [0, 0.05) is 18.0 Å². The van der Waals surface area contributed by atoms with Crippen LogP contribution in [0.5, 0.6) is 0 Å². The Labute approximate surface area is 158 Å². The number of nitrogens with one attached hydrogen (secondary N) is 2. The van der Waals surface area contributed by atoms with Crippen LogP contribution in [0.4, 0.5) is 11.4 Å². The molecule has 5 heteroatoms. The maximum atomic E-state index is 12.4. The van der Waals surface area contributed by atoms with E-state index >= 15 is 0 Å². The molecule has 2 atom stereocenters. The predicted molar refractivity (Wildman–Crippen MR) is 106 cm³/mol. The monoisotopic (exact) mass is 370 g/mol. The highest BCUT2D eigenvalue weighted by atomic mass is 35.5. The van der Waals surface area contributed by atoms with Crippen molar-refractivity contribution in [3.8, 4) is 0 Å². The Kier molecular flexibility index (Phi) is 5.94. The van der Waals surface area contributed by atoms with Gasteiger partial charge in [-0.05, 0) is 42.5 Å². The van der Waals surface area contributed by atoms with Crippen LogP contribution in [0.25, 0.3) is 0 Å². The molecule has 4 nitrogen and oxygen atoms in total. The van der Waals surface area contributed by atoms with Gasteiger partial charge in [0.1, 0.15) is 0 Å². The van der Waals surface area contributed by atoms with E-state index in [0.29, 0.717) is 28.7 Å². The minimum Gasteiger partial charge on any atom is -0.326 e. The summed E-state index contributed by atoms with van der Waals surface area (Å²) in [5, 5.41) is 6.15. The Morgan fingerprint density at radius 2 is 1.88 bits per heavy atom. The molecule has 1 aliphatic rings. The van der Waals surface area contributed by atoms with E-state index in [-0.39, 0.29) is 17.7 Å². The molecule has 136 valence electrons. The summed E-state index contributed by atoms with van der Waals surface area (Å²) < 4.78 is 0. The topological polar surface area (TPSA) is 58.2 Å². The molecule has 2 aromatic rings. The summed E-state index contributed by atoms with van der Waals surface area (Å²) in [6.07, 6.45) is 3.17. The van der Waals surface area contributed by atoms with E-state index in [0.717, 1.165) is 19.3 Å². The average molecular weight is 371 g/mol. The van der Waals surface area contributed by atoms with E-state index in [4.69, 9.17) is 11.6 Å². The van der Waals surface area contributed by atoms with Crippen LogP contribution in [0.3, 0.4) is 0 Å². The molecule has 0 aliphatic heterocycles. The van der Waals surface area contributed by atoms with Crippen LogP contribution in [-0.4, -0.2) is 11.8 Å². The first-order valence-electron chi connectivity index (χ1n) is 9.03. The number of anilines is 2. The van der Waals surface area contributed by atoms with Gasteiger partial charge in [0.25, 0.3) is 0 Å². The van der Waals surface area contributed by atoms with Crippen molar-refractivity contribution >= 4 is 34.8 Å². The van der Waals surface area contributed by atoms with Gasteiger partial charge in [-0.15, -0.1) is 0 Å². The highest BCUT2D eigenvalue weighted by Crippen LogP contribution is 2.47. The van der Waals surface area contributed by atoms with Gasteiger partial charge in [-0.3, -0.25) is 9.59 Å². The third-order valence-electron chi connectivity index (χ3n) is 4.62. The fourth-order valence-corrected chi connectivity index (χ4v) is 3.26. The van der Waals surface area contributed by atoms with E-state index in [2.05, 4.69) is 22.8 Å². The van der Waals surface area contributed by atoms with Crippen LogP contribution in [-0.2, 0) is 9.59 Å². The number of hydrogen-bond donors (Lipinski definition) is 2. The molecule has 2 amide bonds. The molecule has 0 spiro atoms. The van der Waals surface area contributed by atoms with Crippen LogP contribution < -0.4 is 10.6 Å². The normalized spacial score (nSPS) is 18.2. The van der Waals surface area contributed by atoms with Gasteiger partial charge >= 0.3 is 0 Å². The molecular weight excluding hydrogens is 348 g/mol. The summed E-state index contributed by atoms with van der Waals surface area (Å²) >= 11 is 6.24. The van der Waals surface area contributed by atoms with Crippen LogP contribution >= 0.6 is 11.6 Å². The molecule has 1 aliphatic carbocycles. The molecule has 26 heavy (non-hydrogen) atoms. The molecule has 0 saturated heterocycles. The van der Waals surface area contributed by atoms with Gasteiger partial charge in [-0.25, -0.2) is 0 Å². The zero-order chi connectivity index (χ0) is 18.5. The van der Waals surface area contributed by atoms with Crippen LogP contribution in [0.2, 0.25) is 5.02 Å². The van der Waals surface area contributed by atoms with Gasteiger partial charge in [0.05, 0.1) is 10.7 Å². The molecule has 1 saturated carbocycles. The molecule has 2 N–H and O–H groups in total. The van der Waals surface area contributed by atoms with Crippen molar-refractivity contribution in [2.24, 2.45) is 5.92 Å². The smallest absolute Gasteiger partial charge is 0.228 e. The largest absolute Gasteiger partial charge is 0.326 e. The van der Waals surface area contributed by atoms with E-state index in [9.17, 15) is 9.59 Å². The van der Waals surface area contributed by atoms with E-state index in [1.165, 1.54) is 5.56 Å². The van der Waals surface area contributed by atoms with Crippen molar-refractivity contribution in [2.45, 2.75) is 38.5 Å². The molecular formula is C21H23ClN2O2. The fourth-order valence-electron chi connectivity index (χ4n) is 3.03. The fraction of sp³-hybridized carbons (Fsp3) is 0.333. The van der Waals surface area contributed by atoms with Crippen LogP contribution in [0.1, 0.15) is 44.1 Å². The highest BCUT2D eigenvalue weighted by Gasteiger charge is 2.43. The molecule has 2 aromatic carbocycles. The van der Waals surface area contributed by atoms with E-state index < -0.39 is 0 Å². The van der Waals surface area contributed by atoms with Crippen LogP contribution in [0.15, 0.2) is 48.5 Å². The maximum Gasteiger partial charge on any atom is 0.228 e. The maximum absolute atomic E-state index is 12.4. The molecule has 0 aromatic heterocycles. The van der Waals surface area contributed by atoms with Gasteiger partial charge < -0.3 is 10.6 Å².